The third-order valence-electron chi connectivity index (χ3n) is 3.83. The molecule has 1 aliphatic rings. The van der Waals surface area contributed by atoms with E-state index in [0.717, 1.165) is 25.2 Å². The number of rotatable bonds is 4. The van der Waals surface area contributed by atoms with Crippen LogP contribution in [0.15, 0.2) is 17.1 Å². The van der Waals surface area contributed by atoms with Crippen molar-refractivity contribution in [3.05, 3.63) is 22.6 Å². The molecule has 1 fully saturated rings. The van der Waals surface area contributed by atoms with E-state index in [1.54, 1.807) is 12.3 Å². The van der Waals surface area contributed by atoms with Gasteiger partial charge in [-0.3, -0.25) is 9.59 Å². The van der Waals surface area contributed by atoms with Gasteiger partial charge in [0.1, 0.15) is 6.54 Å². The number of ketones is 1. The second-order valence-electron chi connectivity index (χ2n) is 6.02. The molecule has 1 aromatic rings. The van der Waals surface area contributed by atoms with Gasteiger partial charge in [0.15, 0.2) is 5.78 Å². The van der Waals surface area contributed by atoms with E-state index in [0.29, 0.717) is 5.92 Å². The smallest absolute Gasteiger partial charge is 0.269 e. The first-order valence-corrected chi connectivity index (χ1v) is 7.32. The summed E-state index contributed by atoms with van der Waals surface area (Å²) in [5, 5.41) is 4.14. The van der Waals surface area contributed by atoms with Gasteiger partial charge in [0.2, 0.25) is 0 Å². The standard InChI is InChI=1S/C15H23N3O2/c1-11(2)14(19)10-18-15(20)7-13(8-16-18)17-6-4-5-12(3)9-17/h7-8,11-12H,4-6,9-10H2,1-3H3. The second-order valence-corrected chi connectivity index (χ2v) is 6.02. The molecule has 0 radical (unpaired) electrons. The van der Waals surface area contributed by atoms with Crippen LogP contribution in [0.2, 0.25) is 0 Å². The first-order chi connectivity index (χ1) is 9.47. The van der Waals surface area contributed by atoms with E-state index in [4.69, 9.17) is 0 Å². The predicted octanol–water partition coefficient (Wildman–Crippen LogP) is 1.70. The molecule has 0 amide bonds. The van der Waals surface area contributed by atoms with Gasteiger partial charge in [-0.25, -0.2) is 4.68 Å². The Kier molecular flexibility index (Phi) is 4.57. The fraction of sp³-hybridized carbons (Fsp3) is 0.667. The van der Waals surface area contributed by atoms with Gasteiger partial charge in [0.05, 0.1) is 11.9 Å². The zero-order valence-corrected chi connectivity index (χ0v) is 12.5. The summed E-state index contributed by atoms with van der Waals surface area (Å²) in [6.45, 7) is 7.89. The molecule has 1 aromatic heterocycles. The Balaban J connectivity index is 2.13. The molecule has 110 valence electrons. The van der Waals surface area contributed by atoms with Crippen molar-refractivity contribution >= 4 is 11.5 Å². The molecular formula is C15H23N3O2. The summed E-state index contributed by atoms with van der Waals surface area (Å²) in [5.41, 5.74) is 0.671. The van der Waals surface area contributed by atoms with Crippen molar-refractivity contribution in [2.75, 3.05) is 18.0 Å². The monoisotopic (exact) mass is 277 g/mol. The lowest BCUT2D eigenvalue weighted by Crippen LogP contribution is -2.36. The summed E-state index contributed by atoms with van der Waals surface area (Å²) in [6, 6.07) is 1.60. The van der Waals surface area contributed by atoms with E-state index in [9.17, 15) is 9.59 Å². The lowest BCUT2D eigenvalue weighted by atomic mass is 10.00. The maximum atomic E-state index is 12.0. The van der Waals surface area contributed by atoms with E-state index < -0.39 is 0 Å². The number of Topliss-reactive ketones (excluding diaryl/α,β-unsaturated/α-hetero) is 1. The van der Waals surface area contributed by atoms with Crippen molar-refractivity contribution < 1.29 is 4.79 Å². The molecule has 5 nitrogen and oxygen atoms in total. The highest BCUT2D eigenvalue weighted by molar-refractivity contribution is 5.79. The normalized spacial score (nSPS) is 19.4. The lowest BCUT2D eigenvalue weighted by Gasteiger charge is -2.32. The lowest BCUT2D eigenvalue weighted by molar-refractivity contribution is -0.122. The van der Waals surface area contributed by atoms with Gasteiger partial charge in [-0.15, -0.1) is 0 Å². The molecule has 1 saturated heterocycles. The van der Waals surface area contributed by atoms with Crippen LogP contribution in [0.5, 0.6) is 0 Å². The molecule has 0 aromatic carbocycles. The van der Waals surface area contributed by atoms with Crippen molar-refractivity contribution in [3.63, 3.8) is 0 Å². The number of nitrogens with zero attached hydrogens (tertiary/aromatic N) is 3. The van der Waals surface area contributed by atoms with Gasteiger partial charge in [-0.05, 0) is 18.8 Å². The molecule has 0 spiro atoms. The molecule has 0 bridgehead atoms. The Morgan fingerprint density at radius 1 is 1.50 bits per heavy atom. The average molecular weight is 277 g/mol. The molecule has 5 heteroatoms. The van der Waals surface area contributed by atoms with Crippen LogP contribution >= 0.6 is 0 Å². The Labute approximate surface area is 119 Å². The van der Waals surface area contributed by atoms with Crippen LogP contribution in [0.25, 0.3) is 0 Å². The molecule has 2 heterocycles. The second kappa shape index (κ2) is 6.20. The maximum absolute atomic E-state index is 12.0. The van der Waals surface area contributed by atoms with Crippen LogP contribution < -0.4 is 10.5 Å². The maximum Gasteiger partial charge on any atom is 0.269 e. The Morgan fingerprint density at radius 2 is 2.25 bits per heavy atom. The SMILES string of the molecule is CC1CCCN(c2cnn(CC(=O)C(C)C)c(=O)c2)C1. The number of carbonyl (C=O) groups is 1. The van der Waals surface area contributed by atoms with Crippen LogP contribution in [-0.2, 0) is 11.3 Å². The van der Waals surface area contributed by atoms with Gasteiger partial charge in [0.25, 0.3) is 5.56 Å². The van der Waals surface area contributed by atoms with Crippen molar-refractivity contribution in [1.82, 2.24) is 9.78 Å². The predicted molar refractivity (Wildman–Crippen MR) is 79.0 cm³/mol. The van der Waals surface area contributed by atoms with Crippen LogP contribution in [0.3, 0.4) is 0 Å². The quantitative estimate of drug-likeness (QED) is 0.840. The minimum Gasteiger partial charge on any atom is -0.370 e. The molecule has 20 heavy (non-hydrogen) atoms. The molecule has 1 unspecified atom stereocenters. The Morgan fingerprint density at radius 3 is 2.85 bits per heavy atom. The van der Waals surface area contributed by atoms with Crippen molar-refractivity contribution in [2.45, 2.75) is 40.2 Å². The van der Waals surface area contributed by atoms with E-state index in [2.05, 4.69) is 16.9 Å². The van der Waals surface area contributed by atoms with E-state index in [1.807, 2.05) is 13.8 Å². The molecule has 1 atom stereocenters. The van der Waals surface area contributed by atoms with Crippen LogP contribution in [0.1, 0.15) is 33.6 Å². The van der Waals surface area contributed by atoms with Gasteiger partial charge in [0, 0.05) is 25.1 Å². The highest BCUT2D eigenvalue weighted by Gasteiger charge is 2.18. The van der Waals surface area contributed by atoms with E-state index in [-0.39, 0.29) is 23.8 Å². The highest BCUT2D eigenvalue weighted by atomic mass is 16.1. The third kappa shape index (κ3) is 3.46. The minimum absolute atomic E-state index is 0.0268. The molecule has 0 saturated carbocycles. The Hall–Kier alpha value is -1.65. The minimum atomic E-state index is -0.199. The number of piperidine rings is 1. The zero-order valence-electron chi connectivity index (χ0n) is 12.5. The van der Waals surface area contributed by atoms with Crippen molar-refractivity contribution in [1.29, 1.82) is 0 Å². The number of anilines is 1. The molecule has 2 rings (SSSR count). The summed E-state index contributed by atoms with van der Waals surface area (Å²) in [7, 11) is 0. The van der Waals surface area contributed by atoms with Crippen molar-refractivity contribution in [2.24, 2.45) is 11.8 Å². The van der Waals surface area contributed by atoms with Gasteiger partial charge >= 0.3 is 0 Å². The highest BCUT2D eigenvalue weighted by Crippen LogP contribution is 2.20. The Bertz CT molecular complexity index is 536. The summed E-state index contributed by atoms with van der Waals surface area (Å²) in [5.74, 6) is 0.596. The van der Waals surface area contributed by atoms with Crippen molar-refractivity contribution in [3.8, 4) is 0 Å². The van der Waals surface area contributed by atoms with Gasteiger partial charge in [-0.2, -0.15) is 5.10 Å². The van der Waals surface area contributed by atoms with Gasteiger partial charge < -0.3 is 4.90 Å². The fourth-order valence-corrected chi connectivity index (χ4v) is 2.47. The molecular weight excluding hydrogens is 254 g/mol. The molecule has 0 aliphatic carbocycles. The first-order valence-electron chi connectivity index (χ1n) is 7.32. The number of carbonyl (C=O) groups excluding carboxylic acids is 1. The zero-order chi connectivity index (χ0) is 14.7. The third-order valence-corrected chi connectivity index (χ3v) is 3.83. The fourth-order valence-electron chi connectivity index (χ4n) is 2.47. The summed E-state index contributed by atoms with van der Waals surface area (Å²) in [6.07, 6.45) is 4.09. The van der Waals surface area contributed by atoms with Gasteiger partial charge in [-0.1, -0.05) is 20.8 Å². The summed E-state index contributed by atoms with van der Waals surface area (Å²) in [4.78, 5) is 25.9. The number of hydrogen-bond acceptors (Lipinski definition) is 4. The first kappa shape index (κ1) is 14.8. The number of hydrogen-bond donors (Lipinski definition) is 0. The molecule has 1 aliphatic heterocycles. The summed E-state index contributed by atoms with van der Waals surface area (Å²) >= 11 is 0. The van der Waals surface area contributed by atoms with Crippen LogP contribution in [-0.4, -0.2) is 28.7 Å². The largest absolute Gasteiger partial charge is 0.370 e. The average Bonchev–Trinajstić information content (AvgIpc) is 2.40. The van der Waals surface area contributed by atoms with E-state index in [1.165, 1.54) is 11.1 Å². The molecule has 0 N–H and O–H groups in total. The van der Waals surface area contributed by atoms with Crippen LogP contribution in [0, 0.1) is 11.8 Å². The van der Waals surface area contributed by atoms with E-state index >= 15 is 0 Å². The number of aromatic nitrogens is 2. The van der Waals surface area contributed by atoms with Crippen LogP contribution in [0.4, 0.5) is 5.69 Å². The topological polar surface area (TPSA) is 55.2 Å². The summed E-state index contributed by atoms with van der Waals surface area (Å²) < 4.78 is 1.25.